The van der Waals surface area contributed by atoms with Gasteiger partial charge in [-0.05, 0) is 53.5 Å². The van der Waals surface area contributed by atoms with Gasteiger partial charge in [0.05, 0.1) is 6.04 Å². The third-order valence-electron chi connectivity index (χ3n) is 6.61. The zero-order valence-electron chi connectivity index (χ0n) is 17.3. The molecule has 0 N–H and O–H groups in total. The molecule has 3 heterocycles. The van der Waals surface area contributed by atoms with Crippen molar-refractivity contribution in [3.8, 4) is 0 Å². The zero-order valence-corrected chi connectivity index (χ0v) is 18.9. The molecule has 2 fully saturated rings. The molecule has 2 aliphatic rings. The first-order valence-corrected chi connectivity index (χ1v) is 13.2. The fourth-order valence-electron chi connectivity index (χ4n) is 5.01. The lowest BCUT2D eigenvalue weighted by molar-refractivity contribution is -0.137. The normalized spacial score (nSPS) is 21.0. The average molecular weight is 455 g/mol. The van der Waals surface area contributed by atoms with Crippen molar-refractivity contribution in [1.82, 2.24) is 9.21 Å². The average Bonchev–Trinajstić information content (AvgIpc) is 3.51. The van der Waals surface area contributed by atoms with Gasteiger partial charge in [0.15, 0.2) is 0 Å². The van der Waals surface area contributed by atoms with Gasteiger partial charge in [-0.15, -0.1) is 11.3 Å². The van der Waals surface area contributed by atoms with Gasteiger partial charge in [0.2, 0.25) is 5.91 Å². The quantitative estimate of drug-likeness (QED) is 0.576. The molecule has 2 saturated heterocycles. The minimum Gasteiger partial charge on any atom is -0.335 e. The first-order valence-electron chi connectivity index (χ1n) is 10.9. The molecule has 5 nitrogen and oxygen atoms in total. The third-order valence-corrected chi connectivity index (χ3v) is 9.88. The summed E-state index contributed by atoms with van der Waals surface area (Å²) in [4.78, 5) is 15.5. The standard InChI is InChI=1S/C24H26N2O3S2/c27-24(19-12-15-25(16-13-19)31(28,29)23-11-5-17-30-23)26-14-4-10-22(26)21-9-3-7-18-6-1-2-8-20(18)21/h1-3,5-9,11,17,19,22H,4,10,12-16H2. The number of sulfonamides is 1. The largest absolute Gasteiger partial charge is 0.335 e. The molecule has 31 heavy (non-hydrogen) atoms. The number of fused-ring (bicyclic) bond motifs is 1. The van der Waals surface area contributed by atoms with Crippen LogP contribution < -0.4 is 0 Å². The maximum Gasteiger partial charge on any atom is 0.252 e. The van der Waals surface area contributed by atoms with E-state index in [1.165, 1.54) is 32.0 Å². The van der Waals surface area contributed by atoms with Crippen LogP contribution in [-0.2, 0) is 14.8 Å². The molecule has 1 atom stereocenters. The van der Waals surface area contributed by atoms with Crippen molar-refractivity contribution < 1.29 is 13.2 Å². The molecule has 162 valence electrons. The van der Waals surface area contributed by atoms with Gasteiger partial charge < -0.3 is 4.90 Å². The van der Waals surface area contributed by atoms with E-state index in [1.807, 2.05) is 6.07 Å². The third kappa shape index (κ3) is 3.79. The molecular weight excluding hydrogens is 428 g/mol. The fraction of sp³-hybridized carbons (Fsp3) is 0.375. The van der Waals surface area contributed by atoms with Crippen LogP contribution in [0.5, 0.6) is 0 Å². The molecule has 2 aromatic carbocycles. The monoisotopic (exact) mass is 454 g/mol. The molecule has 1 aromatic heterocycles. The SMILES string of the molecule is O=C(C1CCN(S(=O)(=O)c2cccs2)CC1)N1CCCC1c1cccc2ccccc12. The van der Waals surface area contributed by atoms with Crippen LogP contribution in [0.3, 0.4) is 0 Å². The maximum atomic E-state index is 13.5. The van der Waals surface area contributed by atoms with Crippen molar-refractivity contribution in [2.75, 3.05) is 19.6 Å². The Morgan fingerprint density at radius 1 is 0.903 bits per heavy atom. The molecule has 2 aliphatic heterocycles. The Morgan fingerprint density at radius 2 is 1.68 bits per heavy atom. The molecule has 0 radical (unpaired) electrons. The molecule has 1 amide bonds. The van der Waals surface area contributed by atoms with Gasteiger partial charge in [0, 0.05) is 25.6 Å². The van der Waals surface area contributed by atoms with Crippen LogP contribution in [0, 0.1) is 5.92 Å². The molecule has 3 aromatic rings. The highest BCUT2D eigenvalue weighted by molar-refractivity contribution is 7.91. The van der Waals surface area contributed by atoms with Crippen LogP contribution in [0.2, 0.25) is 0 Å². The van der Waals surface area contributed by atoms with Crippen molar-refractivity contribution in [3.05, 3.63) is 65.5 Å². The Labute approximate surface area is 187 Å². The van der Waals surface area contributed by atoms with E-state index >= 15 is 0 Å². The van der Waals surface area contributed by atoms with Gasteiger partial charge in [-0.2, -0.15) is 4.31 Å². The number of likely N-dealkylation sites (tertiary alicyclic amines) is 1. The van der Waals surface area contributed by atoms with Crippen molar-refractivity contribution >= 4 is 38.0 Å². The molecule has 7 heteroatoms. The zero-order chi connectivity index (χ0) is 21.4. The Hall–Kier alpha value is -2.22. The number of benzene rings is 2. The van der Waals surface area contributed by atoms with Crippen molar-refractivity contribution in [2.24, 2.45) is 5.92 Å². The van der Waals surface area contributed by atoms with Gasteiger partial charge in [-0.3, -0.25) is 4.79 Å². The van der Waals surface area contributed by atoms with Gasteiger partial charge in [-0.1, -0.05) is 48.5 Å². The van der Waals surface area contributed by atoms with Crippen molar-refractivity contribution in [3.63, 3.8) is 0 Å². The highest BCUT2D eigenvalue weighted by atomic mass is 32.2. The number of thiophene rings is 1. The fourth-order valence-corrected chi connectivity index (χ4v) is 7.62. The van der Waals surface area contributed by atoms with Crippen LogP contribution in [0.1, 0.15) is 37.3 Å². The van der Waals surface area contributed by atoms with Gasteiger partial charge in [0.25, 0.3) is 10.0 Å². The molecule has 0 bridgehead atoms. The highest BCUT2D eigenvalue weighted by Gasteiger charge is 2.38. The summed E-state index contributed by atoms with van der Waals surface area (Å²) >= 11 is 1.24. The van der Waals surface area contributed by atoms with E-state index in [0.29, 0.717) is 30.1 Å². The molecule has 0 spiro atoms. The lowest BCUT2D eigenvalue weighted by atomic mass is 9.94. The number of piperidine rings is 1. The first-order chi connectivity index (χ1) is 15.1. The number of amides is 1. The minimum absolute atomic E-state index is 0.103. The summed E-state index contributed by atoms with van der Waals surface area (Å²) in [6.45, 7) is 1.59. The van der Waals surface area contributed by atoms with Gasteiger partial charge in [0.1, 0.15) is 4.21 Å². The predicted octanol–water partition coefficient (Wildman–Crippen LogP) is 4.67. The summed E-state index contributed by atoms with van der Waals surface area (Å²) in [6.07, 6.45) is 3.15. The van der Waals surface area contributed by atoms with Crippen LogP contribution in [0.25, 0.3) is 10.8 Å². The molecule has 5 rings (SSSR count). The Bertz CT molecular complexity index is 1180. The Balaban J connectivity index is 1.31. The van der Waals surface area contributed by atoms with Crippen molar-refractivity contribution in [1.29, 1.82) is 0 Å². The number of nitrogens with zero attached hydrogens (tertiary/aromatic N) is 2. The van der Waals surface area contributed by atoms with Gasteiger partial charge in [-0.25, -0.2) is 8.42 Å². The lowest BCUT2D eigenvalue weighted by Gasteiger charge is -2.34. The van der Waals surface area contributed by atoms with Crippen LogP contribution >= 0.6 is 11.3 Å². The van der Waals surface area contributed by atoms with E-state index in [9.17, 15) is 13.2 Å². The Morgan fingerprint density at radius 3 is 2.45 bits per heavy atom. The molecule has 0 aliphatic carbocycles. The number of carbonyl (C=O) groups is 1. The predicted molar refractivity (Wildman–Crippen MR) is 123 cm³/mol. The van der Waals surface area contributed by atoms with Crippen LogP contribution in [-0.4, -0.2) is 43.2 Å². The van der Waals surface area contributed by atoms with E-state index in [2.05, 4.69) is 41.3 Å². The second kappa shape index (κ2) is 8.37. The van der Waals surface area contributed by atoms with E-state index < -0.39 is 10.0 Å². The lowest BCUT2D eigenvalue weighted by Crippen LogP contribution is -2.44. The molecule has 0 saturated carbocycles. The van der Waals surface area contributed by atoms with E-state index in [0.717, 1.165) is 19.4 Å². The second-order valence-corrected chi connectivity index (χ2v) is 11.5. The smallest absolute Gasteiger partial charge is 0.252 e. The summed E-state index contributed by atoms with van der Waals surface area (Å²) in [6, 6.07) is 18.2. The summed E-state index contributed by atoms with van der Waals surface area (Å²) in [5.74, 6) is 0.0777. The number of hydrogen-bond donors (Lipinski definition) is 0. The Kier molecular flexibility index (Phi) is 5.58. The van der Waals surface area contributed by atoms with Crippen LogP contribution in [0.4, 0.5) is 0 Å². The molecular formula is C24H26N2O3S2. The topological polar surface area (TPSA) is 57.7 Å². The van der Waals surface area contributed by atoms with Crippen molar-refractivity contribution in [2.45, 2.75) is 35.9 Å². The summed E-state index contributed by atoms with van der Waals surface area (Å²) < 4.78 is 27.5. The van der Waals surface area contributed by atoms with Crippen LogP contribution in [0.15, 0.2) is 64.2 Å². The first kappa shape index (κ1) is 20.7. The summed E-state index contributed by atoms with van der Waals surface area (Å²) in [5, 5.41) is 4.20. The number of carbonyl (C=O) groups excluding carboxylic acids is 1. The minimum atomic E-state index is -3.44. The summed E-state index contributed by atoms with van der Waals surface area (Å²) in [7, 11) is -3.44. The highest BCUT2D eigenvalue weighted by Crippen LogP contribution is 2.38. The summed E-state index contributed by atoms with van der Waals surface area (Å²) in [5.41, 5.74) is 1.22. The number of rotatable bonds is 4. The maximum absolute atomic E-state index is 13.5. The van der Waals surface area contributed by atoms with E-state index in [4.69, 9.17) is 0 Å². The van der Waals surface area contributed by atoms with E-state index in [1.54, 1.807) is 17.5 Å². The number of hydrogen-bond acceptors (Lipinski definition) is 4. The molecule has 1 unspecified atom stereocenters. The van der Waals surface area contributed by atoms with E-state index in [-0.39, 0.29) is 17.9 Å². The van der Waals surface area contributed by atoms with Gasteiger partial charge >= 0.3 is 0 Å². The second-order valence-electron chi connectivity index (χ2n) is 8.37.